The predicted octanol–water partition coefficient (Wildman–Crippen LogP) is 3.96. The maximum atomic E-state index is 5.51. The first-order chi connectivity index (χ1) is 10.8. The minimum atomic E-state index is 0. The summed E-state index contributed by atoms with van der Waals surface area (Å²) in [5.74, 6) is 2.13. The molecule has 7 heteroatoms. The van der Waals surface area contributed by atoms with Gasteiger partial charge >= 0.3 is 0 Å². The Morgan fingerprint density at radius 1 is 1.26 bits per heavy atom. The first-order valence-corrected chi connectivity index (χ1v) is 8.00. The van der Waals surface area contributed by atoms with Gasteiger partial charge in [0.1, 0.15) is 0 Å². The van der Waals surface area contributed by atoms with E-state index in [1.807, 2.05) is 25.1 Å². The molecule has 0 unspecified atom stereocenters. The van der Waals surface area contributed by atoms with Gasteiger partial charge in [-0.1, -0.05) is 0 Å². The third-order valence-corrected chi connectivity index (χ3v) is 3.72. The standard InChI is InChI=1S/C16H21N3O2S.HI/c1-4-21-14-6-5-13(9-15(14)20-3)19-16(17-2)18-10-12-7-8-22-11-12;/h5-9,11H,4,10H2,1-3H3,(H2,17,18,19);1H. The second-order valence-electron chi connectivity index (χ2n) is 4.48. The Morgan fingerprint density at radius 3 is 2.70 bits per heavy atom. The van der Waals surface area contributed by atoms with Crippen LogP contribution in [0, 0.1) is 0 Å². The van der Waals surface area contributed by atoms with Crippen molar-refractivity contribution in [1.82, 2.24) is 5.32 Å². The molecule has 23 heavy (non-hydrogen) atoms. The van der Waals surface area contributed by atoms with Crippen LogP contribution in [0.1, 0.15) is 12.5 Å². The van der Waals surface area contributed by atoms with Gasteiger partial charge in [-0.2, -0.15) is 11.3 Å². The molecule has 2 aromatic rings. The first-order valence-electron chi connectivity index (χ1n) is 7.06. The van der Waals surface area contributed by atoms with Crippen LogP contribution < -0.4 is 20.1 Å². The van der Waals surface area contributed by atoms with Gasteiger partial charge in [-0.3, -0.25) is 4.99 Å². The summed E-state index contributed by atoms with van der Waals surface area (Å²) >= 11 is 1.68. The largest absolute Gasteiger partial charge is 0.493 e. The van der Waals surface area contributed by atoms with Gasteiger partial charge in [-0.25, -0.2) is 0 Å². The van der Waals surface area contributed by atoms with Crippen molar-refractivity contribution in [2.75, 3.05) is 26.1 Å². The Hall–Kier alpha value is -1.48. The van der Waals surface area contributed by atoms with Crippen molar-refractivity contribution < 1.29 is 9.47 Å². The van der Waals surface area contributed by atoms with Gasteiger partial charge in [0.25, 0.3) is 0 Å². The smallest absolute Gasteiger partial charge is 0.195 e. The number of benzene rings is 1. The number of halogens is 1. The lowest BCUT2D eigenvalue weighted by atomic mass is 10.2. The highest BCUT2D eigenvalue weighted by molar-refractivity contribution is 14.0. The number of rotatable bonds is 6. The van der Waals surface area contributed by atoms with E-state index in [-0.39, 0.29) is 24.0 Å². The fourth-order valence-corrected chi connectivity index (χ4v) is 2.58. The summed E-state index contributed by atoms with van der Waals surface area (Å²) in [4.78, 5) is 4.22. The fraction of sp³-hybridized carbons (Fsp3) is 0.312. The molecule has 0 atom stereocenters. The van der Waals surface area contributed by atoms with E-state index in [2.05, 4.69) is 32.5 Å². The molecule has 0 aliphatic carbocycles. The van der Waals surface area contributed by atoms with Gasteiger partial charge in [0.15, 0.2) is 17.5 Å². The van der Waals surface area contributed by atoms with Gasteiger partial charge in [-0.15, -0.1) is 24.0 Å². The summed E-state index contributed by atoms with van der Waals surface area (Å²) in [5, 5.41) is 10.7. The van der Waals surface area contributed by atoms with Gasteiger partial charge in [0.05, 0.1) is 13.7 Å². The van der Waals surface area contributed by atoms with Crippen LogP contribution in [-0.2, 0) is 6.54 Å². The Kier molecular flexibility index (Phi) is 8.78. The number of thiophene rings is 1. The van der Waals surface area contributed by atoms with Crippen molar-refractivity contribution in [3.8, 4) is 11.5 Å². The van der Waals surface area contributed by atoms with Crippen LogP contribution >= 0.6 is 35.3 Å². The molecule has 1 aromatic heterocycles. The third-order valence-electron chi connectivity index (χ3n) is 2.99. The van der Waals surface area contributed by atoms with Crippen LogP contribution in [0.5, 0.6) is 11.5 Å². The van der Waals surface area contributed by atoms with Gasteiger partial charge in [0, 0.05) is 25.3 Å². The molecule has 0 aliphatic heterocycles. The molecule has 1 heterocycles. The average molecular weight is 447 g/mol. The molecule has 0 saturated heterocycles. The molecule has 5 nitrogen and oxygen atoms in total. The number of guanidine groups is 1. The lowest BCUT2D eigenvalue weighted by Crippen LogP contribution is -2.30. The Bertz CT molecular complexity index is 618. The second-order valence-corrected chi connectivity index (χ2v) is 5.26. The molecule has 2 N–H and O–H groups in total. The second kappa shape index (κ2) is 10.3. The Balaban J connectivity index is 0.00000264. The molecule has 0 aliphatic rings. The zero-order valence-corrected chi connectivity index (χ0v) is 16.6. The van der Waals surface area contributed by atoms with Crippen molar-refractivity contribution in [3.05, 3.63) is 40.6 Å². The van der Waals surface area contributed by atoms with Crippen LogP contribution in [0.2, 0.25) is 0 Å². The number of hydrogen-bond acceptors (Lipinski definition) is 4. The van der Waals surface area contributed by atoms with E-state index >= 15 is 0 Å². The van der Waals surface area contributed by atoms with Gasteiger partial charge in [-0.05, 0) is 41.4 Å². The first kappa shape index (κ1) is 19.6. The molecule has 0 amide bonds. The summed E-state index contributed by atoms with van der Waals surface area (Å²) in [6.45, 7) is 3.28. The summed E-state index contributed by atoms with van der Waals surface area (Å²) in [7, 11) is 3.38. The minimum Gasteiger partial charge on any atom is -0.493 e. The molecule has 0 fully saturated rings. The van der Waals surface area contributed by atoms with Crippen LogP contribution in [0.15, 0.2) is 40.0 Å². The van der Waals surface area contributed by atoms with E-state index < -0.39 is 0 Å². The maximum Gasteiger partial charge on any atom is 0.195 e. The molecule has 2 rings (SSSR count). The summed E-state index contributed by atoms with van der Waals surface area (Å²) < 4.78 is 10.9. The number of methoxy groups -OCH3 is 1. The minimum absolute atomic E-state index is 0. The van der Waals surface area contributed by atoms with Gasteiger partial charge in [0.2, 0.25) is 0 Å². The SMILES string of the molecule is CCOc1ccc(NC(=NC)NCc2ccsc2)cc1OC.I. The highest BCUT2D eigenvalue weighted by Gasteiger charge is 2.07. The average Bonchev–Trinajstić information content (AvgIpc) is 3.06. The van der Waals surface area contributed by atoms with E-state index in [1.54, 1.807) is 25.5 Å². The lowest BCUT2D eigenvalue weighted by Gasteiger charge is -2.14. The number of ether oxygens (including phenoxy) is 2. The zero-order chi connectivity index (χ0) is 15.8. The quantitative estimate of drug-likeness (QED) is 0.400. The van der Waals surface area contributed by atoms with E-state index in [1.165, 1.54) is 5.56 Å². The third kappa shape index (κ3) is 5.91. The van der Waals surface area contributed by atoms with Crippen molar-refractivity contribution in [1.29, 1.82) is 0 Å². The number of nitrogens with one attached hydrogen (secondary N) is 2. The van der Waals surface area contributed by atoms with Crippen molar-refractivity contribution >= 4 is 47.0 Å². The molecule has 0 spiro atoms. The topological polar surface area (TPSA) is 54.9 Å². The lowest BCUT2D eigenvalue weighted by molar-refractivity contribution is 0.311. The molecule has 0 radical (unpaired) electrons. The number of nitrogens with zero attached hydrogens (tertiary/aromatic N) is 1. The molecule has 126 valence electrons. The highest BCUT2D eigenvalue weighted by atomic mass is 127. The van der Waals surface area contributed by atoms with E-state index in [9.17, 15) is 0 Å². The molecule has 0 bridgehead atoms. The van der Waals surface area contributed by atoms with Crippen LogP contribution in [-0.4, -0.2) is 26.7 Å². The summed E-state index contributed by atoms with van der Waals surface area (Å²) in [6.07, 6.45) is 0. The van der Waals surface area contributed by atoms with Crippen molar-refractivity contribution in [2.45, 2.75) is 13.5 Å². The summed E-state index contributed by atoms with van der Waals surface area (Å²) in [5.41, 5.74) is 2.12. The Morgan fingerprint density at radius 2 is 2.09 bits per heavy atom. The molecule has 0 saturated carbocycles. The van der Waals surface area contributed by atoms with Gasteiger partial charge < -0.3 is 20.1 Å². The highest BCUT2D eigenvalue weighted by Crippen LogP contribution is 2.30. The number of anilines is 1. The fourth-order valence-electron chi connectivity index (χ4n) is 1.91. The van der Waals surface area contributed by atoms with Crippen molar-refractivity contribution in [2.24, 2.45) is 4.99 Å². The van der Waals surface area contributed by atoms with Crippen LogP contribution in [0.3, 0.4) is 0 Å². The molecular weight excluding hydrogens is 425 g/mol. The van der Waals surface area contributed by atoms with Crippen LogP contribution in [0.25, 0.3) is 0 Å². The maximum absolute atomic E-state index is 5.51. The molecule has 1 aromatic carbocycles. The van der Waals surface area contributed by atoms with E-state index in [4.69, 9.17) is 9.47 Å². The summed E-state index contributed by atoms with van der Waals surface area (Å²) in [6, 6.07) is 7.80. The van der Waals surface area contributed by atoms with Crippen LogP contribution in [0.4, 0.5) is 5.69 Å². The van der Waals surface area contributed by atoms with Crippen molar-refractivity contribution in [3.63, 3.8) is 0 Å². The molecular formula is C16H22IN3O2S. The number of aliphatic imine (C=N–C) groups is 1. The monoisotopic (exact) mass is 447 g/mol. The van der Waals surface area contributed by atoms with E-state index in [0.29, 0.717) is 18.3 Å². The Labute approximate surface area is 158 Å². The van der Waals surface area contributed by atoms with E-state index in [0.717, 1.165) is 18.0 Å². The predicted molar refractivity (Wildman–Crippen MR) is 108 cm³/mol. The zero-order valence-electron chi connectivity index (χ0n) is 13.5. The normalized spacial score (nSPS) is 10.7. The number of hydrogen-bond donors (Lipinski definition) is 2.